The summed E-state index contributed by atoms with van der Waals surface area (Å²) < 4.78 is 10.5. The van der Waals surface area contributed by atoms with Crippen LogP contribution in [0.1, 0.15) is 34.2 Å². The number of carbonyl (C=O) groups is 2. The first-order chi connectivity index (χ1) is 14.0. The number of aliphatic hydroxyl groups is 1. The van der Waals surface area contributed by atoms with Gasteiger partial charge in [0, 0.05) is 18.2 Å². The van der Waals surface area contributed by atoms with Gasteiger partial charge in [-0.2, -0.15) is 5.10 Å². The predicted octanol–water partition coefficient (Wildman–Crippen LogP) is 0.665. The van der Waals surface area contributed by atoms with E-state index in [1.165, 1.54) is 0 Å². The molecule has 2 amide bonds. The first-order valence-electron chi connectivity index (χ1n) is 9.43. The second-order valence-electron chi connectivity index (χ2n) is 7.02. The minimum absolute atomic E-state index is 0.0163. The van der Waals surface area contributed by atoms with Gasteiger partial charge in [-0.25, -0.2) is 0 Å². The molecule has 1 aliphatic rings. The van der Waals surface area contributed by atoms with Crippen molar-refractivity contribution < 1.29 is 24.2 Å². The van der Waals surface area contributed by atoms with Gasteiger partial charge in [-0.15, -0.1) is 0 Å². The zero-order chi connectivity index (χ0) is 21.0. The van der Waals surface area contributed by atoms with Crippen LogP contribution in [-0.4, -0.2) is 65.4 Å². The molecule has 0 saturated carbocycles. The zero-order valence-electron chi connectivity index (χ0n) is 16.8. The lowest BCUT2D eigenvalue weighted by Crippen LogP contribution is -2.38. The van der Waals surface area contributed by atoms with Crippen LogP contribution in [0.5, 0.6) is 11.5 Å². The largest absolute Gasteiger partial charge is 0.493 e. The Morgan fingerprint density at radius 2 is 2.07 bits per heavy atom. The Morgan fingerprint density at radius 3 is 2.76 bits per heavy atom. The molecule has 1 aromatic carbocycles. The number of carbonyl (C=O) groups excluding carboxylic acids is 2. The second kappa shape index (κ2) is 8.95. The van der Waals surface area contributed by atoms with E-state index in [2.05, 4.69) is 15.5 Å². The smallest absolute Gasteiger partial charge is 0.272 e. The molecule has 0 saturated heterocycles. The van der Waals surface area contributed by atoms with Crippen LogP contribution in [0.4, 0.5) is 0 Å². The summed E-state index contributed by atoms with van der Waals surface area (Å²) >= 11 is 0. The molecule has 1 atom stereocenters. The molecule has 3 rings (SSSR count). The van der Waals surface area contributed by atoms with Gasteiger partial charge in [0.25, 0.3) is 5.91 Å². The Hall–Kier alpha value is -3.07. The molecular weight excluding hydrogens is 376 g/mol. The molecule has 2 aromatic rings. The van der Waals surface area contributed by atoms with Crippen LogP contribution in [0.25, 0.3) is 0 Å². The molecule has 1 aromatic heterocycles. The van der Waals surface area contributed by atoms with Gasteiger partial charge in [-0.05, 0) is 31.0 Å². The Morgan fingerprint density at radius 1 is 1.31 bits per heavy atom. The first-order valence-corrected chi connectivity index (χ1v) is 9.43. The number of nitrogens with one attached hydrogen (secondary N) is 2. The molecule has 9 nitrogen and oxygen atoms in total. The summed E-state index contributed by atoms with van der Waals surface area (Å²) in [7, 11) is 3.13. The van der Waals surface area contributed by atoms with E-state index in [1.807, 2.05) is 6.07 Å². The monoisotopic (exact) mass is 402 g/mol. The average Bonchev–Trinajstić information content (AvgIpc) is 3.16. The van der Waals surface area contributed by atoms with Crippen LogP contribution < -0.4 is 14.8 Å². The quantitative estimate of drug-likeness (QED) is 0.627. The van der Waals surface area contributed by atoms with Gasteiger partial charge in [0.05, 0.1) is 39.5 Å². The van der Waals surface area contributed by atoms with E-state index < -0.39 is 0 Å². The van der Waals surface area contributed by atoms with Gasteiger partial charge in [0.2, 0.25) is 5.91 Å². The van der Waals surface area contributed by atoms with E-state index in [0.29, 0.717) is 36.7 Å². The van der Waals surface area contributed by atoms with Gasteiger partial charge >= 0.3 is 0 Å². The van der Waals surface area contributed by atoms with Crippen molar-refractivity contribution in [2.75, 3.05) is 27.4 Å². The molecule has 0 bridgehead atoms. The Kier molecular flexibility index (Phi) is 6.38. The van der Waals surface area contributed by atoms with E-state index in [-0.39, 0.29) is 30.9 Å². The molecule has 0 fully saturated rings. The van der Waals surface area contributed by atoms with Crippen molar-refractivity contribution in [1.82, 2.24) is 20.4 Å². The fourth-order valence-electron chi connectivity index (χ4n) is 3.33. The lowest BCUT2D eigenvalue weighted by atomic mass is 10.0. The summed E-state index contributed by atoms with van der Waals surface area (Å²) in [4.78, 5) is 26.8. The molecule has 0 radical (unpaired) electrons. The molecule has 9 heteroatoms. The van der Waals surface area contributed by atoms with Crippen molar-refractivity contribution in [1.29, 1.82) is 0 Å². The number of hydrogen-bond acceptors (Lipinski definition) is 6. The third-order valence-corrected chi connectivity index (χ3v) is 4.96. The van der Waals surface area contributed by atoms with Crippen molar-refractivity contribution in [3.8, 4) is 11.5 Å². The molecule has 3 N–H and O–H groups in total. The van der Waals surface area contributed by atoms with Gasteiger partial charge in [-0.1, -0.05) is 6.07 Å². The van der Waals surface area contributed by atoms with E-state index in [9.17, 15) is 9.59 Å². The minimum Gasteiger partial charge on any atom is -0.493 e. The highest BCUT2D eigenvalue weighted by atomic mass is 16.5. The minimum atomic E-state index is -0.349. The summed E-state index contributed by atoms with van der Waals surface area (Å²) in [5.41, 5.74) is 2.75. The topological polar surface area (TPSA) is 117 Å². The Labute approximate surface area is 169 Å². The fraction of sp³-hybridized carbons (Fsp3) is 0.450. The van der Waals surface area contributed by atoms with Crippen molar-refractivity contribution in [3.63, 3.8) is 0 Å². The van der Waals surface area contributed by atoms with Crippen molar-refractivity contribution in [2.24, 2.45) is 0 Å². The number of benzene rings is 1. The number of rotatable bonds is 7. The lowest BCUT2D eigenvalue weighted by molar-refractivity contribution is -0.131. The average molecular weight is 402 g/mol. The number of aromatic nitrogens is 2. The van der Waals surface area contributed by atoms with Crippen molar-refractivity contribution in [3.05, 3.63) is 40.7 Å². The van der Waals surface area contributed by atoms with E-state index in [0.717, 1.165) is 16.8 Å². The van der Waals surface area contributed by atoms with Crippen LogP contribution in [0.2, 0.25) is 0 Å². The van der Waals surface area contributed by atoms with Crippen LogP contribution in [-0.2, 0) is 24.2 Å². The number of nitrogens with zero attached hydrogens (tertiary/aromatic N) is 2. The van der Waals surface area contributed by atoms with E-state index in [1.54, 1.807) is 38.2 Å². The third-order valence-electron chi connectivity index (χ3n) is 4.96. The molecule has 1 aliphatic heterocycles. The Balaban J connectivity index is 1.67. The van der Waals surface area contributed by atoms with Crippen LogP contribution >= 0.6 is 0 Å². The summed E-state index contributed by atoms with van der Waals surface area (Å²) in [5, 5.41) is 18.8. The number of hydrogen-bond donors (Lipinski definition) is 3. The van der Waals surface area contributed by atoms with Gasteiger partial charge in [-0.3, -0.25) is 14.7 Å². The number of ether oxygens (including phenoxy) is 2. The van der Waals surface area contributed by atoms with Crippen LogP contribution in [0.15, 0.2) is 18.2 Å². The number of aliphatic hydroxyl groups excluding tert-OH is 1. The normalized spacial score (nSPS) is 14.1. The second-order valence-corrected chi connectivity index (χ2v) is 7.02. The van der Waals surface area contributed by atoms with Gasteiger partial charge in [0.1, 0.15) is 0 Å². The van der Waals surface area contributed by atoms with Crippen LogP contribution in [0, 0.1) is 0 Å². The Bertz CT molecular complexity index is 895. The summed E-state index contributed by atoms with van der Waals surface area (Å²) in [6.45, 7) is 2.45. The van der Waals surface area contributed by atoms with Crippen molar-refractivity contribution in [2.45, 2.75) is 32.4 Å². The number of amides is 2. The highest BCUT2D eigenvalue weighted by Gasteiger charge is 2.28. The number of fused-ring (bicyclic) bond motifs is 1. The van der Waals surface area contributed by atoms with Crippen LogP contribution in [0.3, 0.4) is 0 Å². The van der Waals surface area contributed by atoms with E-state index >= 15 is 0 Å². The maximum Gasteiger partial charge on any atom is 0.272 e. The SMILES string of the molecule is COc1ccc(CC(=O)N2CCc3c(C(=O)NC(C)CO)n[nH]c3C2)cc1OC. The number of aromatic amines is 1. The number of methoxy groups -OCH3 is 2. The van der Waals surface area contributed by atoms with Gasteiger partial charge < -0.3 is 24.8 Å². The predicted molar refractivity (Wildman–Crippen MR) is 105 cm³/mol. The number of H-pyrrole nitrogens is 1. The van der Waals surface area contributed by atoms with Crippen molar-refractivity contribution >= 4 is 11.8 Å². The zero-order valence-corrected chi connectivity index (χ0v) is 16.8. The molecule has 2 heterocycles. The maximum atomic E-state index is 12.8. The molecule has 156 valence electrons. The summed E-state index contributed by atoms with van der Waals surface area (Å²) in [6, 6.07) is 5.07. The highest BCUT2D eigenvalue weighted by molar-refractivity contribution is 5.94. The standard InChI is InChI=1S/C20H26N4O5/c1-12(11-25)21-20(27)19-14-6-7-24(10-15(14)22-23-19)18(26)9-13-4-5-16(28-2)17(8-13)29-3/h4-5,8,12,25H,6-7,9-11H2,1-3H3,(H,21,27)(H,22,23). The first kappa shape index (κ1) is 20.7. The summed E-state index contributed by atoms with van der Waals surface area (Å²) in [6.07, 6.45) is 0.783. The molecule has 29 heavy (non-hydrogen) atoms. The highest BCUT2D eigenvalue weighted by Crippen LogP contribution is 2.28. The van der Waals surface area contributed by atoms with Gasteiger partial charge in [0.15, 0.2) is 17.2 Å². The molecule has 0 spiro atoms. The van der Waals surface area contributed by atoms with E-state index in [4.69, 9.17) is 14.6 Å². The lowest BCUT2D eigenvalue weighted by Gasteiger charge is -2.27. The molecule has 1 unspecified atom stereocenters. The third kappa shape index (κ3) is 4.51. The molecular formula is C20H26N4O5. The maximum absolute atomic E-state index is 12.8. The molecule has 0 aliphatic carbocycles. The fourth-order valence-corrected chi connectivity index (χ4v) is 3.33. The summed E-state index contributed by atoms with van der Waals surface area (Å²) in [5.74, 6) is 0.858.